The molecule has 16 heteroatoms. The van der Waals surface area contributed by atoms with Gasteiger partial charge >= 0.3 is 59.7 Å². The number of carboxylic acids is 2. The molecule has 3 fully saturated rings. The second-order valence-electron chi connectivity index (χ2n) is 15.2. The lowest BCUT2D eigenvalue weighted by atomic mass is 9.67. The second-order valence-corrected chi connectivity index (χ2v) is 15.2. The van der Waals surface area contributed by atoms with Gasteiger partial charge < -0.3 is 29.2 Å². The lowest BCUT2D eigenvalue weighted by Gasteiger charge is -2.32. The van der Waals surface area contributed by atoms with Gasteiger partial charge in [0, 0.05) is 0 Å². The third kappa shape index (κ3) is 6.53. The van der Waals surface area contributed by atoms with Crippen LogP contribution in [0.2, 0.25) is 0 Å². The molecule has 0 bridgehead atoms. The number of hydrogen-bond acceptors (Lipinski definition) is 14. The Balaban J connectivity index is 0.000000181. The molecule has 0 radical (unpaired) electrons. The van der Waals surface area contributed by atoms with Crippen LogP contribution in [0.1, 0.15) is 135 Å². The Morgan fingerprint density at radius 2 is 1.02 bits per heavy atom. The molecule has 3 aromatic rings. The summed E-state index contributed by atoms with van der Waals surface area (Å²) in [6.07, 6.45) is 3.55. The minimum absolute atomic E-state index is 0.0103. The maximum absolute atomic E-state index is 12.3. The van der Waals surface area contributed by atoms with E-state index >= 15 is 0 Å². The van der Waals surface area contributed by atoms with E-state index in [1.807, 2.05) is 12.1 Å². The first-order chi connectivity index (χ1) is 27.7. The average molecular weight is 793 g/mol. The van der Waals surface area contributed by atoms with Crippen LogP contribution in [0.5, 0.6) is 0 Å². The number of carboxylic acid groups (broad SMARTS) is 2. The van der Waals surface area contributed by atoms with E-state index in [2.05, 4.69) is 14.2 Å². The van der Waals surface area contributed by atoms with Crippen LogP contribution in [0.25, 0.3) is 0 Å². The maximum atomic E-state index is 12.3. The first-order valence-corrected chi connectivity index (χ1v) is 18.6. The van der Waals surface area contributed by atoms with E-state index in [-0.39, 0.29) is 81.5 Å². The van der Waals surface area contributed by atoms with Crippen molar-refractivity contribution in [3.05, 3.63) is 104 Å². The highest BCUT2D eigenvalue weighted by Crippen LogP contribution is 2.51. The Bertz CT molecular complexity index is 2310. The number of esters is 8. The van der Waals surface area contributed by atoms with E-state index in [0.717, 1.165) is 5.56 Å². The minimum atomic E-state index is -1.20. The van der Waals surface area contributed by atoms with Crippen molar-refractivity contribution in [2.45, 2.75) is 63.2 Å². The molecular formula is C42H32O16. The summed E-state index contributed by atoms with van der Waals surface area (Å²) < 4.78 is 18.8. The molecule has 296 valence electrons. The number of aromatic carboxylic acids is 2. The zero-order valence-electron chi connectivity index (χ0n) is 30.3. The molecule has 4 unspecified atom stereocenters. The fourth-order valence-electron chi connectivity index (χ4n) is 9.35. The highest BCUT2D eigenvalue weighted by molar-refractivity contribution is 6.17. The van der Waals surface area contributed by atoms with E-state index in [1.54, 1.807) is 12.1 Å². The maximum Gasteiger partial charge on any atom is 0.347 e. The lowest BCUT2D eigenvalue weighted by molar-refractivity contribution is -0.155. The molecule has 58 heavy (non-hydrogen) atoms. The molecule has 4 atom stereocenters. The van der Waals surface area contributed by atoms with Crippen LogP contribution in [0.15, 0.2) is 48.5 Å². The van der Waals surface area contributed by atoms with Gasteiger partial charge in [0.25, 0.3) is 0 Å². The van der Waals surface area contributed by atoms with Gasteiger partial charge in [-0.25, -0.2) is 28.8 Å². The summed E-state index contributed by atoms with van der Waals surface area (Å²) in [5, 5.41) is 19.3. The number of hydrogen-bond donors (Lipinski definition) is 2. The summed E-state index contributed by atoms with van der Waals surface area (Å²) in [5.41, 5.74) is 2.17. The SMILES string of the molecule is O=C(O)c1ccc2c(c1CC1CCC(Cc3c(C(=O)O)ccc4c3C(=O)OC4=O)CC1)C(=O)OC2=O.O=C1CC(C2CC3C(=O)OC(=O)C3c3ccccc32)C(=O)O1. The van der Waals surface area contributed by atoms with E-state index in [1.165, 1.54) is 24.3 Å². The van der Waals surface area contributed by atoms with Crippen molar-refractivity contribution in [3.8, 4) is 0 Å². The fraction of sp³-hybridized carbons (Fsp3) is 0.333. The number of benzene rings is 3. The smallest absolute Gasteiger partial charge is 0.347 e. The number of carbonyl (C=O) groups is 10. The van der Waals surface area contributed by atoms with Crippen LogP contribution < -0.4 is 0 Å². The summed E-state index contributed by atoms with van der Waals surface area (Å²) in [5.74, 6) is -9.90. The molecule has 6 aliphatic rings. The van der Waals surface area contributed by atoms with Crippen LogP contribution >= 0.6 is 0 Å². The van der Waals surface area contributed by atoms with Crippen molar-refractivity contribution in [2.75, 3.05) is 0 Å². The molecule has 2 saturated heterocycles. The molecule has 0 aromatic heterocycles. The Kier molecular flexibility index (Phi) is 9.57. The molecule has 2 N–H and O–H groups in total. The van der Waals surface area contributed by atoms with E-state index in [9.17, 15) is 58.2 Å². The molecule has 1 saturated carbocycles. The van der Waals surface area contributed by atoms with Gasteiger partial charge in [-0.2, -0.15) is 0 Å². The number of carbonyl (C=O) groups excluding carboxylic acids is 8. The summed E-state index contributed by atoms with van der Waals surface area (Å²) in [7, 11) is 0. The van der Waals surface area contributed by atoms with Gasteiger partial charge in [-0.3, -0.25) is 19.2 Å². The normalized spacial score (nSPS) is 25.4. The summed E-state index contributed by atoms with van der Waals surface area (Å²) in [6, 6.07) is 12.4. The molecule has 16 nitrogen and oxygen atoms in total. The summed E-state index contributed by atoms with van der Waals surface area (Å²) >= 11 is 0. The predicted molar refractivity (Wildman–Crippen MR) is 189 cm³/mol. The molecule has 9 rings (SSSR count). The minimum Gasteiger partial charge on any atom is -0.478 e. The zero-order chi connectivity index (χ0) is 41.2. The molecule has 2 aliphatic carbocycles. The van der Waals surface area contributed by atoms with Crippen molar-refractivity contribution in [1.29, 1.82) is 0 Å². The molecule has 0 spiro atoms. The van der Waals surface area contributed by atoms with Crippen molar-refractivity contribution in [3.63, 3.8) is 0 Å². The van der Waals surface area contributed by atoms with Crippen molar-refractivity contribution >= 4 is 59.7 Å². The van der Waals surface area contributed by atoms with Crippen LogP contribution in [0.3, 0.4) is 0 Å². The number of fused-ring (bicyclic) bond motifs is 5. The van der Waals surface area contributed by atoms with Gasteiger partial charge in [0.2, 0.25) is 0 Å². The summed E-state index contributed by atoms with van der Waals surface area (Å²) in [4.78, 5) is 119. The standard InChI is InChI=1S/C26H20O10.C16H12O6/c27-21(28)13-5-7-15-19(25(33)35-23(15)31)17(13)9-11-1-2-12(4-3-11)10-18-14(22(29)30)6-8-16-20(18)26(34)36-24(16)32;17-12-6-10(14(18)21-12)9-5-11-13(16(20)22-15(11)19)8-4-2-1-3-7(8)9/h5-8,11-12H,1-4,9-10H2,(H,27,28)(H,29,30);1-4,9-11,13H,5-6H2. The zero-order valence-corrected chi connectivity index (χ0v) is 30.3. The second kappa shape index (κ2) is 14.6. The largest absolute Gasteiger partial charge is 0.478 e. The Hall–Kier alpha value is -6.84. The number of cyclic esters (lactones) is 8. The van der Waals surface area contributed by atoms with Gasteiger partial charge in [-0.1, -0.05) is 24.3 Å². The van der Waals surface area contributed by atoms with Crippen LogP contribution in [-0.4, -0.2) is 69.9 Å². The summed E-state index contributed by atoms with van der Waals surface area (Å²) in [6.45, 7) is 0. The van der Waals surface area contributed by atoms with Crippen molar-refractivity contribution in [1.82, 2.24) is 0 Å². The van der Waals surface area contributed by atoms with Gasteiger partial charge in [0.05, 0.1) is 57.6 Å². The molecular weight excluding hydrogens is 760 g/mol. The third-order valence-corrected chi connectivity index (χ3v) is 12.0. The predicted octanol–water partition coefficient (Wildman–Crippen LogP) is 4.34. The Morgan fingerprint density at radius 1 is 0.534 bits per heavy atom. The van der Waals surface area contributed by atoms with E-state index in [4.69, 9.17) is 4.74 Å². The van der Waals surface area contributed by atoms with E-state index in [0.29, 0.717) is 37.7 Å². The molecule has 4 aliphatic heterocycles. The fourth-order valence-corrected chi connectivity index (χ4v) is 9.35. The number of rotatable bonds is 7. The Morgan fingerprint density at radius 3 is 1.48 bits per heavy atom. The van der Waals surface area contributed by atoms with Crippen molar-refractivity contribution in [2.24, 2.45) is 23.7 Å². The lowest BCUT2D eigenvalue weighted by Crippen LogP contribution is -2.31. The average Bonchev–Trinajstić information content (AvgIpc) is 3.88. The quantitative estimate of drug-likeness (QED) is 0.192. The monoisotopic (exact) mass is 792 g/mol. The van der Waals surface area contributed by atoms with Gasteiger partial charge in [-0.05, 0) is 109 Å². The van der Waals surface area contributed by atoms with Crippen LogP contribution in [0, 0.1) is 23.7 Å². The number of ether oxygens (including phenoxy) is 4. The highest BCUT2D eigenvalue weighted by atomic mass is 16.6. The first kappa shape index (κ1) is 38.1. The van der Waals surface area contributed by atoms with Crippen LogP contribution in [0.4, 0.5) is 0 Å². The first-order valence-electron chi connectivity index (χ1n) is 18.6. The van der Waals surface area contributed by atoms with Crippen molar-refractivity contribution < 1.29 is 77.1 Å². The van der Waals surface area contributed by atoms with E-state index < -0.39 is 77.4 Å². The van der Waals surface area contributed by atoms with Gasteiger partial charge in [0.1, 0.15) is 0 Å². The highest BCUT2D eigenvalue weighted by Gasteiger charge is 2.53. The topological polar surface area (TPSA) is 248 Å². The molecule has 4 heterocycles. The molecule has 3 aromatic carbocycles. The third-order valence-electron chi connectivity index (χ3n) is 12.0. The molecule has 0 amide bonds. The van der Waals surface area contributed by atoms with Gasteiger partial charge in [-0.15, -0.1) is 0 Å². The van der Waals surface area contributed by atoms with Gasteiger partial charge in [0.15, 0.2) is 0 Å². The Labute approximate surface area is 327 Å². The van der Waals surface area contributed by atoms with Crippen LogP contribution in [-0.2, 0) is 51.0 Å².